The molecule has 0 bridgehead atoms. The molecule has 2 heterocycles. The van der Waals surface area contributed by atoms with Crippen LogP contribution in [0.1, 0.15) is 22.4 Å². The lowest BCUT2D eigenvalue weighted by atomic mass is 10.0. The summed E-state index contributed by atoms with van der Waals surface area (Å²) in [4.78, 5) is 22.5. The third-order valence-corrected chi connectivity index (χ3v) is 5.25. The van der Waals surface area contributed by atoms with Gasteiger partial charge in [0.05, 0.1) is 5.69 Å². The van der Waals surface area contributed by atoms with Crippen molar-refractivity contribution >= 4 is 11.6 Å². The van der Waals surface area contributed by atoms with Gasteiger partial charge in [0.2, 0.25) is 0 Å². The molecular weight excluding hydrogens is 346 g/mol. The SMILES string of the molecule is Cc1ccc(CN2CCc3c(nc(-c4ccccc4)[nH]c3=O)C2)cc1Cl. The molecule has 1 aromatic heterocycles. The van der Waals surface area contributed by atoms with Gasteiger partial charge in [0.15, 0.2) is 0 Å². The van der Waals surface area contributed by atoms with E-state index in [0.717, 1.165) is 40.5 Å². The van der Waals surface area contributed by atoms with Crippen LogP contribution < -0.4 is 5.56 Å². The molecule has 4 nitrogen and oxygen atoms in total. The van der Waals surface area contributed by atoms with Crippen molar-refractivity contribution in [3.05, 3.63) is 86.3 Å². The minimum Gasteiger partial charge on any atom is -0.306 e. The quantitative estimate of drug-likeness (QED) is 0.764. The van der Waals surface area contributed by atoms with Crippen LogP contribution in [0.3, 0.4) is 0 Å². The van der Waals surface area contributed by atoms with Gasteiger partial charge in [-0.3, -0.25) is 9.69 Å². The predicted molar refractivity (Wildman–Crippen MR) is 104 cm³/mol. The number of halogens is 1. The fourth-order valence-electron chi connectivity index (χ4n) is 3.35. The fourth-order valence-corrected chi connectivity index (χ4v) is 3.56. The lowest BCUT2D eigenvalue weighted by Gasteiger charge is -2.27. The van der Waals surface area contributed by atoms with Crippen LogP contribution in [0.5, 0.6) is 0 Å². The molecule has 1 N–H and O–H groups in total. The summed E-state index contributed by atoms with van der Waals surface area (Å²) in [7, 11) is 0. The number of aromatic nitrogens is 2. The van der Waals surface area contributed by atoms with Gasteiger partial charge in [-0.1, -0.05) is 54.1 Å². The zero-order valence-electron chi connectivity index (χ0n) is 14.6. The number of hydrogen-bond donors (Lipinski definition) is 1. The summed E-state index contributed by atoms with van der Waals surface area (Å²) in [6.07, 6.45) is 0.715. The van der Waals surface area contributed by atoms with Gasteiger partial charge in [-0.2, -0.15) is 0 Å². The number of benzene rings is 2. The fraction of sp³-hybridized carbons (Fsp3) is 0.238. The van der Waals surface area contributed by atoms with E-state index in [1.54, 1.807) is 0 Å². The maximum Gasteiger partial charge on any atom is 0.254 e. The van der Waals surface area contributed by atoms with Crippen molar-refractivity contribution in [1.82, 2.24) is 14.9 Å². The first-order chi connectivity index (χ1) is 12.6. The number of aromatic amines is 1. The molecule has 0 fully saturated rings. The number of fused-ring (bicyclic) bond motifs is 1. The number of nitrogens with one attached hydrogen (secondary N) is 1. The Hall–Kier alpha value is -2.43. The first kappa shape index (κ1) is 17.0. The first-order valence-electron chi connectivity index (χ1n) is 8.75. The number of rotatable bonds is 3. The third kappa shape index (κ3) is 3.43. The molecule has 1 aliphatic heterocycles. The van der Waals surface area contributed by atoms with Crippen LogP contribution in [0.15, 0.2) is 53.3 Å². The molecule has 4 rings (SSSR count). The maximum atomic E-state index is 12.5. The van der Waals surface area contributed by atoms with Gasteiger partial charge < -0.3 is 4.98 Å². The largest absolute Gasteiger partial charge is 0.306 e. The third-order valence-electron chi connectivity index (χ3n) is 4.84. The molecule has 0 spiro atoms. The van der Waals surface area contributed by atoms with Crippen LogP contribution in [0.2, 0.25) is 5.02 Å². The van der Waals surface area contributed by atoms with Crippen molar-refractivity contribution in [1.29, 1.82) is 0 Å². The summed E-state index contributed by atoms with van der Waals surface area (Å²) < 4.78 is 0. The highest BCUT2D eigenvalue weighted by Gasteiger charge is 2.21. The molecule has 0 atom stereocenters. The van der Waals surface area contributed by atoms with E-state index < -0.39 is 0 Å². The van der Waals surface area contributed by atoms with Gasteiger partial charge in [-0.15, -0.1) is 0 Å². The van der Waals surface area contributed by atoms with Gasteiger partial charge in [0, 0.05) is 35.8 Å². The van der Waals surface area contributed by atoms with Gasteiger partial charge in [0.25, 0.3) is 5.56 Å². The molecule has 132 valence electrons. The Morgan fingerprint density at radius 3 is 2.77 bits per heavy atom. The average molecular weight is 366 g/mol. The van der Waals surface area contributed by atoms with Gasteiger partial charge in [0.1, 0.15) is 5.82 Å². The van der Waals surface area contributed by atoms with Crippen molar-refractivity contribution in [3.8, 4) is 11.4 Å². The van der Waals surface area contributed by atoms with Crippen LogP contribution >= 0.6 is 11.6 Å². The summed E-state index contributed by atoms with van der Waals surface area (Å²) in [6, 6.07) is 15.9. The molecule has 5 heteroatoms. The second-order valence-corrected chi connectivity index (χ2v) is 7.16. The molecule has 0 saturated carbocycles. The monoisotopic (exact) mass is 365 g/mol. The number of nitrogens with zero attached hydrogens (tertiary/aromatic N) is 2. The Balaban J connectivity index is 1.60. The van der Waals surface area contributed by atoms with Crippen molar-refractivity contribution in [2.75, 3.05) is 6.54 Å². The van der Waals surface area contributed by atoms with Crippen LogP contribution in [0.25, 0.3) is 11.4 Å². The van der Waals surface area contributed by atoms with Crippen LogP contribution in [-0.2, 0) is 19.5 Å². The number of hydrogen-bond acceptors (Lipinski definition) is 3. The predicted octanol–water partition coefficient (Wildman–Crippen LogP) is 3.96. The molecule has 3 aromatic rings. The van der Waals surface area contributed by atoms with Gasteiger partial charge in [-0.25, -0.2) is 4.98 Å². The number of H-pyrrole nitrogens is 1. The second-order valence-electron chi connectivity index (χ2n) is 6.75. The zero-order valence-corrected chi connectivity index (χ0v) is 15.4. The highest BCUT2D eigenvalue weighted by atomic mass is 35.5. The van der Waals surface area contributed by atoms with E-state index in [0.29, 0.717) is 18.8 Å². The molecule has 2 aromatic carbocycles. The lowest BCUT2D eigenvalue weighted by molar-refractivity contribution is 0.240. The van der Waals surface area contributed by atoms with Crippen molar-refractivity contribution < 1.29 is 0 Å². The normalized spacial score (nSPS) is 14.2. The minimum atomic E-state index is -0.0214. The Bertz CT molecular complexity index is 998. The van der Waals surface area contributed by atoms with Crippen LogP contribution in [-0.4, -0.2) is 21.4 Å². The minimum absolute atomic E-state index is 0.0214. The topological polar surface area (TPSA) is 49.0 Å². The van der Waals surface area contributed by atoms with E-state index in [1.165, 1.54) is 5.56 Å². The summed E-state index contributed by atoms with van der Waals surface area (Å²) in [5.74, 6) is 0.634. The molecule has 26 heavy (non-hydrogen) atoms. The summed E-state index contributed by atoms with van der Waals surface area (Å²) >= 11 is 6.25. The van der Waals surface area contributed by atoms with E-state index in [-0.39, 0.29) is 5.56 Å². The molecule has 0 amide bonds. The summed E-state index contributed by atoms with van der Waals surface area (Å²) in [5.41, 5.74) is 4.85. The average Bonchev–Trinajstić information content (AvgIpc) is 2.65. The Morgan fingerprint density at radius 2 is 2.00 bits per heavy atom. The maximum absolute atomic E-state index is 12.5. The Labute approximate surface area is 157 Å². The van der Waals surface area contributed by atoms with Gasteiger partial charge >= 0.3 is 0 Å². The Kier molecular flexibility index (Phi) is 4.62. The smallest absolute Gasteiger partial charge is 0.254 e. The van der Waals surface area contributed by atoms with E-state index in [2.05, 4.69) is 16.0 Å². The van der Waals surface area contributed by atoms with Crippen molar-refractivity contribution in [2.24, 2.45) is 0 Å². The second kappa shape index (κ2) is 7.06. The van der Waals surface area contributed by atoms with E-state index in [9.17, 15) is 4.79 Å². The summed E-state index contributed by atoms with van der Waals surface area (Å²) in [6.45, 7) is 4.32. The van der Waals surface area contributed by atoms with Crippen LogP contribution in [0.4, 0.5) is 0 Å². The molecular formula is C21H20ClN3O. The van der Waals surface area contributed by atoms with Gasteiger partial charge in [-0.05, 0) is 30.5 Å². The van der Waals surface area contributed by atoms with E-state index in [1.807, 2.05) is 49.4 Å². The molecule has 1 aliphatic rings. The Morgan fingerprint density at radius 1 is 1.19 bits per heavy atom. The lowest BCUT2D eigenvalue weighted by Crippen LogP contribution is -2.35. The molecule has 0 radical (unpaired) electrons. The number of aryl methyl sites for hydroxylation is 1. The molecule has 0 aliphatic carbocycles. The first-order valence-corrected chi connectivity index (χ1v) is 9.13. The highest BCUT2D eigenvalue weighted by molar-refractivity contribution is 6.31. The molecule has 0 saturated heterocycles. The standard InChI is InChI=1S/C21H20ClN3O/c1-14-7-8-15(11-18(14)22)12-25-10-9-17-19(13-25)23-20(24-21(17)26)16-5-3-2-4-6-16/h2-8,11H,9-10,12-13H2,1H3,(H,23,24,26). The van der Waals surface area contributed by atoms with E-state index >= 15 is 0 Å². The molecule has 0 unspecified atom stereocenters. The van der Waals surface area contributed by atoms with E-state index in [4.69, 9.17) is 16.6 Å². The van der Waals surface area contributed by atoms with Crippen LogP contribution in [0, 0.1) is 6.92 Å². The van der Waals surface area contributed by atoms with Crippen molar-refractivity contribution in [3.63, 3.8) is 0 Å². The van der Waals surface area contributed by atoms with Crippen molar-refractivity contribution in [2.45, 2.75) is 26.4 Å². The highest BCUT2D eigenvalue weighted by Crippen LogP contribution is 2.22. The summed E-state index contributed by atoms with van der Waals surface area (Å²) in [5, 5.41) is 0.792. The zero-order chi connectivity index (χ0) is 18.1.